The van der Waals surface area contributed by atoms with E-state index in [1.165, 1.54) is 18.9 Å². The van der Waals surface area contributed by atoms with Gasteiger partial charge in [-0.2, -0.15) is 0 Å². The lowest BCUT2D eigenvalue weighted by Crippen LogP contribution is -2.25. The first-order valence-corrected chi connectivity index (χ1v) is 9.80. The first kappa shape index (κ1) is 15.7. The summed E-state index contributed by atoms with van der Waals surface area (Å²) in [6.07, 6.45) is 4.48. The highest BCUT2D eigenvalue weighted by Crippen LogP contribution is 2.20. The third kappa shape index (κ3) is 5.01. The van der Waals surface area contributed by atoms with E-state index in [9.17, 15) is 12.6 Å². The first-order chi connectivity index (χ1) is 9.47. The van der Waals surface area contributed by atoms with Gasteiger partial charge in [0, 0.05) is 35.4 Å². The molecular weight excluding hydrogens is 300 g/mol. The summed E-state index contributed by atoms with van der Waals surface area (Å²) in [5.74, 6) is 1.10. The number of rotatable bonds is 9. The number of hydrogen-bond donors (Lipinski definition) is 2. The van der Waals surface area contributed by atoms with Crippen molar-refractivity contribution in [1.82, 2.24) is 10.0 Å². The van der Waals surface area contributed by atoms with Crippen LogP contribution in [0.5, 0.6) is 0 Å². The molecule has 2 N–H and O–H groups in total. The lowest BCUT2D eigenvalue weighted by atomic mass is 10.4. The smallest absolute Gasteiger partial charge is 0.273 e. The van der Waals surface area contributed by atoms with Gasteiger partial charge < -0.3 is 9.73 Å². The van der Waals surface area contributed by atoms with Crippen LogP contribution in [-0.4, -0.2) is 37.2 Å². The molecule has 1 unspecified atom stereocenters. The number of nitrogens with one attached hydrogen (secondary N) is 2. The second-order valence-corrected chi connectivity index (χ2v) is 8.16. The topological polar surface area (TPSA) is 88.4 Å². The van der Waals surface area contributed by atoms with Gasteiger partial charge in [-0.25, -0.2) is 13.1 Å². The van der Waals surface area contributed by atoms with Gasteiger partial charge in [-0.15, -0.1) is 0 Å². The summed E-state index contributed by atoms with van der Waals surface area (Å²) in [6.45, 7) is 0.813. The molecule has 20 heavy (non-hydrogen) atoms. The molecular formula is C12H20N2O4S2. The molecule has 0 aliphatic heterocycles. The van der Waals surface area contributed by atoms with Gasteiger partial charge >= 0.3 is 0 Å². The van der Waals surface area contributed by atoms with E-state index in [1.54, 1.807) is 12.3 Å². The van der Waals surface area contributed by atoms with Crippen LogP contribution < -0.4 is 10.0 Å². The fourth-order valence-electron chi connectivity index (χ4n) is 1.68. The molecule has 1 aromatic rings. The van der Waals surface area contributed by atoms with E-state index in [0.29, 0.717) is 30.5 Å². The summed E-state index contributed by atoms with van der Waals surface area (Å²) < 4.78 is 42.5. The van der Waals surface area contributed by atoms with Crippen molar-refractivity contribution >= 4 is 20.8 Å². The Hall–Kier alpha value is -0.700. The van der Waals surface area contributed by atoms with Crippen LogP contribution in [0.2, 0.25) is 0 Å². The van der Waals surface area contributed by atoms with Crippen LogP contribution in [0.25, 0.3) is 0 Å². The fraction of sp³-hybridized carbons (Fsp3) is 0.667. The monoisotopic (exact) mass is 320 g/mol. The first-order valence-electron chi connectivity index (χ1n) is 6.59. The highest BCUT2D eigenvalue weighted by molar-refractivity contribution is 7.89. The molecule has 0 spiro atoms. The second kappa shape index (κ2) is 6.84. The molecule has 1 fully saturated rings. The maximum atomic E-state index is 11.9. The van der Waals surface area contributed by atoms with Crippen LogP contribution in [0.15, 0.2) is 21.6 Å². The van der Waals surface area contributed by atoms with Crippen LogP contribution in [0, 0.1) is 0 Å². The van der Waals surface area contributed by atoms with E-state index >= 15 is 0 Å². The molecule has 1 aromatic heterocycles. The van der Waals surface area contributed by atoms with Crippen molar-refractivity contribution in [3.05, 3.63) is 17.9 Å². The van der Waals surface area contributed by atoms with E-state index in [-0.39, 0.29) is 11.6 Å². The number of hydrogen-bond acceptors (Lipinski definition) is 5. The molecule has 0 aromatic carbocycles. The molecule has 1 aliphatic carbocycles. The van der Waals surface area contributed by atoms with Gasteiger partial charge in [0.2, 0.25) is 5.09 Å². The maximum absolute atomic E-state index is 11.9. The van der Waals surface area contributed by atoms with Gasteiger partial charge in [0.1, 0.15) is 5.76 Å². The molecule has 0 radical (unpaired) electrons. The van der Waals surface area contributed by atoms with Crippen molar-refractivity contribution < 1.29 is 17.0 Å². The Kier molecular flexibility index (Phi) is 5.36. The lowest BCUT2D eigenvalue weighted by molar-refractivity contribution is 0.399. The van der Waals surface area contributed by atoms with Gasteiger partial charge in [-0.1, -0.05) is 0 Å². The van der Waals surface area contributed by atoms with Crippen molar-refractivity contribution in [2.24, 2.45) is 0 Å². The van der Waals surface area contributed by atoms with Gasteiger partial charge in [0.25, 0.3) is 10.0 Å². The summed E-state index contributed by atoms with van der Waals surface area (Å²) in [5.41, 5.74) is 0. The molecule has 2 rings (SSSR count). The van der Waals surface area contributed by atoms with Crippen LogP contribution in [0.4, 0.5) is 0 Å². The molecule has 0 saturated heterocycles. The Balaban J connectivity index is 1.83. The van der Waals surface area contributed by atoms with Crippen LogP contribution >= 0.6 is 0 Å². The Labute approximate surface area is 121 Å². The lowest BCUT2D eigenvalue weighted by Gasteiger charge is -2.03. The molecule has 6 nitrogen and oxygen atoms in total. The average molecular weight is 320 g/mol. The van der Waals surface area contributed by atoms with Crippen molar-refractivity contribution in [2.75, 3.05) is 18.6 Å². The quantitative estimate of drug-likeness (QED) is 0.650. The normalized spacial score (nSPS) is 17.2. The highest BCUT2D eigenvalue weighted by Gasteiger charge is 2.22. The van der Waals surface area contributed by atoms with Crippen molar-refractivity contribution in [3.8, 4) is 0 Å². The van der Waals surface area contributed by atoms with Gasteiger partial charge in [0.15, 0.2) is 0 Å². The van der Waals surface area contributed by atoms with E-state index in [0.717, 1.165) is 0 Å². The molecule has 1 heterocycles. The molecule has 1 atom stereocenters. The Morgan fingerprint density at radius 1 is 1.40 bits per heavy atom. The zero-order valence-electron chi connectivity index (χ0n) is 11.4. The summed E-state index contributed by atoms with van der Waals surface area (Å²) >= 11 is 0. The van der Waals surface area contributed by atoms with Gasteiger partial charge in [0.05, 0.1) is 6.54 Å². The predicted octanol–water partition coefficient (Wildman–Crippen LogP) is 0.578. The summed E-state index contributed by atoms with van der Waals surface area (Å²) in [6, 6.07) is 3.68. The van der Waals surface area contributed by atoms with Crippen LogP contribution in [0.1, 0.15) is 25.0 Å². The zero-order valence-corrected chi connectivity index (χ0v) is 13.1. The zero-order chi connectivity index (χ0) is 14.6. The molecule has 0 bridgehead atoms. The fourth-order valence-corrected chi connectivity index (χ4v) is 3.25. The van der Waals surface area contributed by atoms with Crippen molar-refractivity contribution in [1.29, 1.82) is 0 Å². The molecule has 1 aliphatic rings. The maximum Gasteiger partial charge on any atom is 0.273 e. The van der Waals surface area contributed by atoms with Crippen LogP contribution in [0.3, 0.4) is 0 Å². The third-order valence-electron chi connectivity index (χ3n) is 2.94. The SMILES string of the molecule is CS(=O)CCCNS(=O)(=O)c1ccc(CNC2CC2)o1. The van der Waals surface area contributed by atoms with E-state index in [4.69, 9.17) is 4.42 Å². The van der Waals surface area contributed by atoms with Gasteiger partial charge in [-0.3, -0.25) is 4.21 Å². The van der Waals surface area contributed by atoms with E-state index < -0.39 is 20.8 Å². The Morgan fingerprint density at radius 2 is 2.15 bits per heavy atom. The Bertz CT molecular complexity index is 564. The van der Waals surface area contributed by atoms with Crippen molar-refractivity contribution in [3.63, 3.8) is 0 Å². The van der Waals surface area contributed by atoms with Crippen molar-refractivity contribution in [2.45, 2.75) is 36.9 Å². The minimum absolute atomic E-state index is 0.0669. The molecule has 1 saturated carbocycles. The van der Waals surface area contributed by atoms with E-state index in [1.807, 2.05) is 0 Å². The third-order valence-corrected chi connectivity index (χ3v) is 5.14. The van der Waals surface area contributed by atoms with E-state index in [2.05, 4.69) is 10.0 Å². The second-order valence-electron chi connectivity index (χ2n) is 4.90. The summed E-state index contributed by atoms with van der Waals surface area (Å²) in [7, 11) is -4.51. The number of furan rings is 1. The highest BCUT2D eigenvalue weighted by atomic mass is 32.2. The molecule has 114 valence electrons. The Morgan fingerprint density at radius 3 is 2.80 bits per heavy atom. The average Bonchev–Trinajstić information content (AvgIpc) is 3.08. The minimum Gasteiger partial charge on any atom is -0.447 e. The molecule has 8 heteroatoms. The van der Waals surface area contributed by atoms with Crippen LogP contribution in [-0.2, 0) is 27.4 Å². The largest absolute Gasteiger partial charge is 0.447 e. The standard InChI is InChI=1S/C12H20N2O4S2/c1-19(15)8-2-7-14-20(16,17)12-6-5-11(18-12)9-13-10-3-4-10/h5-6,10,13-14H,2-4,7-9H2,1H3. The predicted molar refractivity (Wildman–Crippen MR) is 77.3 cm³/mol. The minimum atomic E-state index is -3.60. The van der Waals surface area contributed by atoms with Gasteiger partial charge in [-0.05, 0) is 31.4 Å². The summed E-state index contributed by atoms with van der Waals surface area (Å²) in [4.78, 5) is 0. The number of sulfonamides is 1. The molecule has 0 amide bonds. The summed E-state index contributed by atoms with van der Waals surface area (Å²) in [5, 5.41) is 3.19.